The number of carbonyl (C=O) groups excluding carboxylic acids is 1. The predicted molar refractivity (Wildman–Crippen MR) is 131 cm³/mol. The van der Waals surface area contributed by atoms with E-state index in [0.717, 1.165) is 5.56 Å². The largest absolute Gasteiger partial charge is 0.494 e. The van der Waals surface area contributed by atoms with Gasteiger partial charge in [0.2, 0.25) is 0 Å². The Morgan fingerprint density at radius 1 is 1.00 bits per heavy atom. The van der Waals surface area contributed by atoms with Gasteiger partial charge in [0.15, 0.2) is 11.5 Å². The van der Waals surface area contributed by atoms with Crippen LogP contribution in [-0.4, -0.2) is 25.8 Å². The Kier molecular flexibility index (Phi) is 8.83. The van der Waals surface area contributed by atoms with Gasteiger partial charge in [-0.05, 0) is 61.0 Å². The van der Waals surface area contributed by atoms with E-state index in [0.29, 0.717) is 50.1 Å². The Hall–Kier alpha value is -2.93. The van der Waals surface area contributed by atoms with Gasteiger partial charge in [-0.15, -0.1) is 0 Å². The fourth-order valence-electron chi connectivity index (χ4n) is 2.84. The summed E-state index contributed by atoms with van der Waals surface area (Å²) in [6.07, 6.45) is 1.46. The highest BCUT2D eigenvalue weighted by Gasteiger charge is 2.13. The summed E-state index contributed by atoms with van der Waals surface area (Å²) in [5, 5.41) is 5.34. The molecule has 0 aliphatic heterocycles. The molecule has 0 unspecified atom stereocenters. The van der Waals surface area contributed by atoms with E-state index < -0.39 is 0 Å². The number of ether oxygens (including phenoxy) is 3. The summed E-state index contributed by atoms with van der Waals surface area (Å²) in [7, 11) is 1.50. The van der Waals surface area contributed by atoms with E-state index in [9.17, 15) is 4.79 Å². The van der Waals surface area contributed by atoms with Crippen molar-refractivity contribution >= 4 is 46.9 Å². The highest BCUT2D eigenvalue weighted by atomic mass is 35.5. The minimum absolute atomic E-state index is 0.178. The Morgan fingerprint density at radius 3 is 2.42 bits per heavy atom. The highest BCUT2D eigenvalue weighted by molar-refractivity contribution is 6.35. The number of nitrogens with zero attached hydrogens (tertiary/aromatic N) is 1. The molecule has 9 heteroatoms. The molecule has 33 heavy (non-hydrogen) atoms. The van der Waals surface area contributed by atoms with Crippen molar-refractivity contribution in [2.45, 2.75) is 13.5 Å². The number of hydrazone groups is 1. The molecule has 1 N–H and O–H groups in total. The molecule has 0 heterocycles. The summed E-state index contributed by atoms with van der Waals surface area (Å²) in [5.74, 6) is 1.11. The number of rotatable bonds is 9. The minimum Gasteiger partial charge on any atom is -0.494 e. The molecular formula is C24H21Cl3N2O4. The average Bonchev–Trinajstić information content (AvgIpc) is 2.79. The Morgan fingerprint density at radius 2 is 1.76 bits per heavy atom. The zero-order valence-corrected chi connectivity index (χ0v) is 20.2. The van der Waals surface area contributed by atoms with E-state index in [1.165, 1.54) is 13.3 Å². The van der Waals surface area contributed by atoms with Gasteiger partial charge in [-0.25, -0.2) is 5.43 Å². The first-order valence-electron chi connectivity index (χ1n) is 9.91. The zero-order chi connectivity index (χ0) is 23.8. The molecule has 172 valence electrons. The maximum atomic E-state index is 12.3. The molecule has 0 aliphatic rings. The number of hydrogen-bond donors (Lipinski definition) is 1. The quantitative estimate of drug-likeness (QED) is 0.269. The molecule has 3 aromatic carbocycles. The van der Waals surface area contributed by atoms with Gasteiger partial charge in [-0.3, -0.25) is 4.79 Å². The number of halogens is 3. The van der Waals surface area contributed by atoms with E-state index in [-0.39, 0.29) is 12.5 Å². The average molecular weight is 508 g/mol. The summed E-state index contributed by atoms with van der Waals surface area (Å²) in [5.41, 5.74) is 4.29. The molecule has 0 radical (unpaired) electrons. The van der Waals surface area contributed by atoms with E-state index in [1.54, 1.807) is 54.6 Å². The fraction of sp³-hybridized carbons (Fsp3) is 0.167. The molecule has 0 aliphatic carbocycles. The van der Waals surface area contributed by atoms with E-state index >= 15 is 0 Å². The summed E-state index contributed by atoms with van der Waals surface area (Å²) in [6, 6.07) is 15.3. The summed E-state index contributed by atoms with van der Waals surface area (Å²) in [4.78, 5) is 12.3. The van der Waals surface area contributed by atoms with Crippen LogP contribution in [0.4, 0.5) is 0 Å². The van der Waals surface area contributed by atoms with Crippen molar-refractivity contribution in [2.24, 2.45) is 5.10 Å². The Labute approximate surface area is 207 Å². The van der Waals surface area contributed by atoms with Crippen molar-refractivity contribution in [2.75, 3.05) is 13.7 Å². The lowest BCUT2D eigenvalue weighted by Gasteiger charge is -2.14. The first-order chi connectivity index (χ1) is 15.9. The van der Waals surface area contributed by atoms with Gasteiger partial charge in [0.1, 0.15) is 12.4 Å². The molecule has 6 nitrogen and oxygen atoms in total. The molecule has 0 saturated carbocycles. The van der Waals surface area contributed by atoms with Crippen LogP contribution in [0.2, 0.25) is 15.1 Å². The van der Waals surface area contributed by atoms with Crippen LogP contribution >= 0.6 is 34.8 Å². The van der Waals surface area contributed by atoms with Crippen LogP contribution in [0.3, 0.4) is 0 Å². The topological polar surface area (TPSA) is 69.2 Å². The molecule has 0 fully saturated rings. The molecular weight excluding hydrogens is 487 g/mol. The van der Waals surface area contributed by atoms with Crippen molar-refractivity contribution in [3.63, 3.8) is 0 Å². The highest BCUT2D eigenvalue weighted by Crippen LogP contribution is 2.37. The van der Waals surface area contributed by atoms with Gasteiger partial charge < -0.3 is 14.2 Å². The van der Waals surface area contributed by atoms with Gasteiger partial charge in [-0.2, -0.15) is 5.10 Å². The maximum Gasteiger partial charge on any atom is 0.271 e. The van der Waals surface area contributed by atoms with Crippen LogP contribution in [0.1, 0.15) is 28.4 Å². The molecule has 3 aromatic rings. The first kappa shape index (κ1) is 24.7. The van der Waals surface area contributed by atoms with Crippen LogP contribution in [0.5, 0.6) is 17.2 Å². The molecule has 1 amide bonds. The van der Waals surface area contributed by atoms with Gasteiger partial charge in [-0.1, -0.05) is 40.9 Å². The maximum absolute atomic E-state index is 12.3. The lowest BCUT2D eigenvalue weighted by atomic mass is 10.2. The molecule has 0 aromatic heterocycles. The van der Waals surface area contributed by atoms with E-state index in [2.05, 4.69) is 10.5 Å². The van der Waals surface area contributed by atoms with Crippen LogP contribution in [0, 0.1) is 0 Å². The Balaban J connectivity index is 1.66. The summed E-state index contributed by atoms with van der Waals surface area (Å²) >= 11 is 18.5. The van der Waals surface area contributed by atoms with Gasteiger partial charge in [0.25, 0.3) is 5.91 Å². The third-order valence-corrected chi connectivity index (χ3v) is 5.31. The van der Waals surface area contributed by atoms with Gasteiger partial charge in [0, 0.05) is 21.2 Å². The third kappa shape index (κ3) is 6.78. The monoisotopic (exact) mass is 506 g/mol. The van der Waals surface area contributed by atoms with Crippen molar-refractivity contribution in [1.29, 1.82) is 0 Å². The predicted octanol–water partition coefficient (Wildman–Crippen LogP) is 6.40. The van der Waals surface area contributed by atoms with Crippen LogP contribution < -0.4 is 19.6 Å². The molecule has 0 saturated heterocycles. The van der Waals surface area contributed by atoms with Crippen molar-refractivity contribution in [3.8, 4) is 17.2 Å². The fourth-order valence-corrected chi connectivity index (χ4v) is 3.58. The lowest BCUT2D eigenvalue weighted by Crippen LogP contribution is -2.17. The molecule has 0 bridgehead atoms. The minimum atomic E-state index is -0.354. The van der Waals surface area contributed by atoms with Crippen LogP contribution in [0.15, 0.2) is 59.7 Å². The number of methoxy groups -OCH3 is 1. The van der Waals surface area contributed by atoms with E-state index in [1.807, 2.05) is 6.92 Å². The van der Waals surface area contributed by atoms with Crippen molar-refractivity contribution in [1.82, 2.24) is 5.43 Å². The standard InChI is InChI=1S/C24H21Cl3N2O4/c1-3-32-19-8-5-16(6-9-19)24(30)29-28-13-15-10-21(27)23(22(11-15)31-2)33-14-17-4-7-18(25)12-20(17)26/h4-13H,3,14H2,1-2H3,(H,29,30)/b28-13-. The van der Waals surface area contributed by atoms with Crippen LogP contribution in [-0.2, 0) is 6.61 Å². The first-order valence-corrected chi connectivity index (χ1v) is 11.0. The normalized spacial score (nSPS) is 10.8. The van der Waals surface area contributed by atoms with Gasteiger partial charge >= 0.3 is 0 Å². The second kappa shape index (κ2) is 11.8. The number of hydrogen-bond acceptors (Lipinski definition) is 5. The van der Waals surface area contributed by atoms with Crippen LogP contribution in [0.25, 0.3) is 0 Å². The van der Waals surface area contributed by atoms with E-state index in [4.69, 9.17) is 49.0 Å². The molecule has 3 rings (SSSR count). The second-order valence-electron chi connectivity index (χ2n) is 6.72. The van der Waals surface area contributed by atoms with Gasteiger partial charge in [0.05, 0.1) is 25.0 Å². The number of nitrogens with one attached hydrogen (secondary N) is 1. The third-order valence-electron chi connectivity index (χ3n) is 4.45. The Bertz CT molecular complexity index is 1150. The lowest BCUT2D eigenvalue weighted by molar-refractivity contribution is 0.0955. The molecule has 0 atom stereocenters. The second-order valence-corrected chi connectivity index (χ2v) is 7.97. The van der Waals surface area contributed by atoms with Crippen molar-refractivity contribution in [3.05, 3.63) is 86.4 Å². The number of amides is 1. The van der Waals surface area contributed by atoms with Crippen molar-refractivity contribution < 1.29 is 19.0 Å². The number of benzene rings is 3. The molecule has 0 spiro atoms. The number of carbonyl (C=O) groups is 1. The summed E-state index contributed by atoms with van der Waals surface area (Å²) < 4.78 is 16.6. The SMILES string of the molecule is CCOc1ccc(C(=O)N/N=C\c2cc(Cl)c(OCc3ccc(Cl)cc3Cl)c(OC)c2)cc1. The smallest absolute Gasteiger partial charge is 0.271 e. The zero-order valence-electron chi connectivity index (χ0n) is 17.9. The summed E-state index contributed by atoms with van der Waals surface area (Å²) in [6.45, 7) is 2.63.